The van der Waals surface area contributed by atoms with Crippen LogP contribution in [0.15, 0.2) is 59.8 Å². The Morgan fingerprint density at radius 1 is 1.12 bits per heavy atom. The first kappa shape index (κ1) is 23.0. The van der Waals surface area contributed by atoms with Crippen LogP contribution in [0.3, 0.4) is 0 Å². The molecule has 0 bridgehead atoms. The maximum Gasteiger partial charge on any atom is 0.418 e. The van der Waals surface area contributed by atoms with E-state index in [1.54, 1.807) is 0 Å². The Bertz CT molecular complexity index is 1250. The van der Waals surface area contributed by atoms with Gasteiger partial charge >= 0.3 is 18.3 Å². The fraction of sp³-hybridized carbons (Fsp3) is 0.250. The Labute approximate surface area is 192 Å². The van der Waals surface area contributed by atoms with Crippen molar-refractivity contribution in [2.75, 3.05) is 12.0 Å². The van der Waals surface area contributed by atoms with Crippen LogP contribution in [0.5, 0.6) is 0 Å². The SMILES string of the molecule is COC(=O)N1C(=O)N(c2cccc(C(F)(F)F)c2)C2=C(C(=O)CCC2)C1c1ccc(C#N)cc1. The van der Waals surface area contributed by atoms with Crippen LogP contribution in [-0.4, -0.2) is 29.9 Å². The maximum atomic E-state index is 13.6. The van der Waals surface area contributed by atoms with Crippen molar-refractivity contribution in [1.29, 1.82) is 5.26 Å². The first-order valence-electron chi connectivity index (χ1n) is 10.3. The molecular weight excluding hydrogens is 451 g/mol. The number of nitrogens with zero attached hydrogens (tertiary/aromatic N) is 3. The molecule has 1 aliphatic heterocycles. The van der Waals surface area contributed by atoms with Gasteiger partial charge in [0.2, 0.25) is 0 Å². The minimum atomic E-state index is -4.65. The zero-order chi connectivity index (χ0) is 24.6. The van der Waals surface area contributed by atoms with Gasteiger partial charge in [-0.15, -0.1) is 0 Å². The molecule has 0 saturated carbocycles. The molecule has 1 aliphatic carbocycles. The highest BCUT2D eigenvalue weighted by Gasteiger charge is 2.48. The van der Waals surface area contributed by atoms with Crippen LogP contribution >= 0.6 is 0 Å². The molecule has 4 rings (SSSR count). The van der Waals surface area contributed by atoms with Gasteiger partial charge in [-0.2, -0.15) is 18.4 Å². The normalized spacial score (nSPS) is 18.5. The number of nitriles is 1. The largest absolute Gasteiger partial charge is 0.452 e. The van der Waals surface area contributed by atoms with Crippen molar-refractivity contribution in [1.82, 2.24) is 4.90 Å². The summed E-state index contributed by atoms with van der Waals surface area (Å²) in [5.41, 5.74) is 0.0260. The van der Waals surface area contributed by atoms with Gasteiger partial charge in [-0.1, -0.05) is 18.2 Å². The van der Waals surface area contributed by atoms with E-state index in [2.05, 4.69) is 0 Å². The summed E-state index contributed by atoms with van der Waals surface area (Å²) in [7, 11) is 1.06. The zero-order valence-corrected chi connectivity index (χ0v) is 17.9. The molecule has 0 radical (unpaired) electrons. The number of carbonyl (C=O) groups is 3. The molecule has 174 valence electrons. The number of Topliss-reactive ketones (excluding diaryl/α,β-unsaturated/α-hetero) is 1. The third kappa shape index (κ3) is 3.90. The summed E-state index contributed by atoms with van der Waals surface area (Å²) in [4.78, 5) is 41.2. The van der Waals surface area contributed by atoms with Crippen LogP contribution in [0.1, 0.15) is 42.0 Å². The molecule has 10 heteroatoms. The molecule has 1 atom stereocenters. The number of ketones is 1. The predicted molar refractivity (Wildman–Crippen MR) is 113 cm³/mol. The molecule has 1 unspecified atom stereocenters. The molecular formula is C24H18F3N3O4. The smallest absolute Gasteiger partial charge is 0.418 e. The highest BCUT2D eigenvalue weighted by Crippen LogP contribution is 2.45. The Hall–Kier alpha value is -4.13. The number of halogens is 3. The predicted octanol–water partition coefficient (Wildman–Crippen LogP) is 5.33. The van der Waals surface area contributed by atoms with E-state index in [9.17, 15) is 27.6 Å². The van der Waals surface area contributed by atoms with E-state index in [0.29, 0.717) is 17.5 Å². The molecule has 34 heavy (non-hydrogen) atoms. The molecule has 2 aromatic carbocycles. The molecule has 0 aromatic heterocycles. The lowest BCUT2D eigenvalue weighted by molar-refractivity contribution is -0.137. The van der Waals surface area contributed by atoms with Gasteiger partial charge in [-0.3, -0.25) is 9.69 Å². The van der Waals surface area contributed by atoms with Gasteiger partial charge in [0, 0.05) is 17.7 Å². The van der Waals surface area contributed by atoms with Gasteiger partial charge in [-0.25, -0.2) is 14.5 Å². The van der Waals surface area contributed by atoms with Gasteiger partial charge in [-0.05, 0) is 48.7 Å². The average molecular weight is 469 g/mol. The van der Waals surface area contributed by atoms with E-state index in [1.807, 2.05) is 6.07 Å². The average Bonchev–Trinajstić information content (AvgIpc) is 2.82. The number of rotatable bonds is 2. The molecule has 0 N–H and O–H groups in total. The summed E-state index contributed by atoms with van der Waals surface area (Å²) < 4.78 is 44.9. The van der Waals surface area contributed by atoms with Crippen molar-refractivity contribution in [3.8, 4) is 6.07 Å². The fourth-order valence-electron chi connectivity index (χ4n) is 4.28. The number of methoxy groups -OCH3 is 1. The Kier molecular flexibility index (Phi) is 5.87. The van der Waals surface area contributed by atoms with Crippen LogP contribution in [0.25, 0.3) is 0 Å². The number of hydrogen-bond acceptors (Lipinski definition) is 5. The van der Waals surface area contributed by atoms with Crippen LogP contribution < -0.4 is 4.90 Å². The van der Waals surface area contributed by atoms with Crippen molar-refractivity contribution in [3.05, 3.63) is 76.5 Å². The van der Waals surface area contributed by atoms with Crippen molar-refractivity contribution in [3.63, 3.8) is 0 Å². The lowest BCUT2D eigenvalue weighted by Gasteiger charge is -2.43. The van der Waals surface area contributed by atoms with Gasteiger partial charge in [0.15, 0.2) is 5.78 Å². The summed E-state index contributed by atoms with van der Waals surface area (Å²) >= 11 is 0. The molecule has 0 saturated heterocycles. The fourth-order valence-corrected chi connectivity index (χ4v) is 4.28. The van der Waals surface area contributed by atoms with Crippen molar-refractivity contribution in [2.45, 2.75) is 31.5 Å². The lowest BCUT2D eigenvalue weighted by Crippen LogP contribution is -2.54. The maximum absolute atomic E-state index is 13.6. The van der Waals surface area contributed by atoms with E-state index in [4.69, 9.17) is 10.00 Å². The number of imide groups is 1. The summed E-state index contributed by atoms with van der Waals surface area (Å²) in [6.07, 6.45) is -4.91. The van der Waals surface area contributed by atoms with Crippen LogP contribution in [-0.2, 0) is 15.7 Å². The molecule has 1 heterocycles. The third-order valence-electron chi connectivity index (χ3n) is 5.79. The van der Waals surface area contributed by atoms with E-state index >= 15 is 0 Å². The summed E-state index contributed by atoms with van der Waals surface area (Å²) in [6, 6.07) is 10.1. The zero-order valence-electron chi connectivity index (χ0n) is 17.9. The number of ether oxygens (including phenoxy) is 1. The highest BCUT2D eigenvalue weighted by atomic mass is 19.4. The van der Waals surface area contributed by atoms with Gasteiger partial charge in [0.25, 0.3) is 0 Å². The second-order valence-electron chi connectivity index (χ2n) is 7.78. The monoisotopic (exact) mass is 469 g/mol. The second kappa shape index (κ2) is 8.67. The van der Waals surface area contributed by atoms with Crippen molar-refractivity contribution < 1.29 is 32.3 Å². The molecule has 0 spiro atoms. The van der Waals surface area contributed by atoms with E-state index in [-0.39, 0.29) is 35.6 Å². The molecule has 0 fully saturated rings. The van der Waals surface area contributed by atoms with Gasteiger partial charge in [0.05, 0.1) is 30.0 Å². The quantitative estimate of drug-likeness (QED) is 0.593. The topological polar surface area (TPSA) is 90.7 Å². The van der Waals surface area contributed by atoms with Crippen molar-refractivity contribution in [2.24, 2.45) is 0 Å². The Balaban J connectivity index is 1.96. The number of carbonyl (C=O) groups excluding carboxylic acids is 3. The minimum Gasteiger partial charge on any atom is -0.452 e. The standard InChI is InChI=1S/C24H18F3N3O4/c1-34-23(33)30-21(15-10-8-14(13-28)9-11-15)20-18(6-3-7-19(20)31)29(22(30)32)17-5-2-4-16(12-17)24(25,26)27/h2,4-5,8-12,21H,3,6-7H2,1H3. The first-order chi connectivity index (χ1) is 16.2. The molecule has 7 nitrogen and oxygen atoms in total. The van der Waals surface area contributed by atoms with Gasteiger partial charge < -0.3 is 4.74 Å². The second-order valence-corrected chi connectivity index (χ2v) is 7.78. The Morgan fingerprint density at radius 2 is 1.82 bits per heavy atom. The number of benzene rings is 2. The number of alkyl halides is 3. The summed E-state index contributed by atoms with van der Waals surface area (Å²) in [5.74, 6) is -0.325. The third-order valence-corrected chi connectivity index (χ3v) is 5.79. The molecule has 2 aromatic rings. The van der Waals surface area contributed by atoms with Crippen LogP contribution in [0.2, 0.25) is 0 Å². The van der Waals surface area contributed by atoms with E-state index in [1.165, 1.54) is 30.3 Å². The van der Waals surface area contributed by atoms with E-state index in [0.717, 1.165) is 35.1 Å². The summed E-state index contributed by atoms with van der Waals surface area (Å²) in [5, 5.41) is 9.09. The summed E-state index contributed by atoms with van der Waals surface area (Å²) in [6.45, 7) is 0. The Morgan fingerprint density at radius 3 is 2.44 bits per heavy atom. The minimum absolute atomic E-state index is 0.116. The van der Waals surface area contributed by atoms with Gasteiger partial charge in [0.1, 0.15) is 6.04 Å². The number of anilines is 1. The van der Waals surface area contributed by atoms with Crippen LogP contribution in [0.4, 0.5) is 28.4 Å². The lowest BCUT2D eigenvalue weighted by atomic mass is 9.83. The number of allylic oxidation sites excluding steroid dienone is 1. The number of hydrogen-bond donors (Lipinski definition) is 0. The molecule has 2 aliphatic rings. The molecule has 3 amide bonds. The first-order valence-corrected chi connectivity index (χ1v) is 10.3. The number of urea groups is 1. The highest BCUT2D eigenvalue weighted by molar-refractivity contribution is 6.10. The van der Waals surface area contributed by atoms with Crippen molar-refractivity contribution >= 4 is 23.6 Å². The number of amides is 3. The van der Waals surface area contributed by atoms with Crippen LogP contribution in [0, 0.1) is 11.3 Å². The van der Waals surface area contributed by atoms with E-state index < -0.39 is 29.9 Å².